The first kappa shape index (κ1) is 8.20. The lowest BCUT2D eigenvalue weighted by molar-refractivity contribution is 0.0651. The highest BCUT2D eigenvalue weighted by Crippen LogP contribution is 2.53. The highest BCUT2D eigenvalue weighted by Gasteiger charge is 2.50. The van der Waals surface area contributed by atoms with E-state index in [0.29, 0.717) is 6.10 Å². The molecule has 2 bridgehead atoms. The summed E-state index contributed by atoms with van der Waals surface area (Å²) in [6, 6.07) is 8.59. The van der Waals surface area contributed by atoms with E-state index in [-0.39, 0.29) is 0 Å². The molecule has 0 aromatic heterocycles. The van der Waals surface area contributed by atoms with Crippen LogP contribution in [-0.4, -0.2) is 6.10 Å². The van der Waals surface area contributed by atoms with Crippen LogP contribution >= 0.6 is 0 Å². The van der Waals surface area contributed by atoms with Crippen LogP contribution in [0.25, 0.3) is 0 Å². The van der Waals surface area contributed by atoms with Gasteiger partial charge in [0.15, 0.2) is 0 Å². The van der Waals surface area contributed by atoms with Crippen molar-refractivity contribution in [2.75, 3.05) is 0 Å². The topological polar surface area (TPSA) is 9.23 Å². The van der Waals surface area contributed by atoms with E-state index in [0.717, 1.165) is 23.5 Å². The summed E-state index contributed by atoms with van der Waals surface area (Å²) in [5, 5.41) is 0. The Labute approximate surface area is 90.4 Å². The average molecular weight is 200 g/mol. The first-order valence-corrected chi connectivity index (χ1v) is 6.16. The molecule has 0 amide bonds. The fourth-order valence-electron chi connectivity index (χ4n) is 4.01. The third kappa shape index (κ3) is 1.04. The molecule has 0 spiro atoms. The summed E-state index contributed by atoms with van der Waals surface area (Å²) in [6.07, 6.45) is 6.12. The zero-order valence-electron chi connectivity index (χ0n) is 8.86. The second-order valence-corrected chi connectivity index (χ2v) is 5.39. The van der Waals surface area contributed by atoms with Crippen LogP contribution in [0, 0.1) is 17.8 Å². The van der Waals surface area contributed by atoms with Crippen molar-refractivity contribution in [2.24, 2.45) is 17.8 Å². The van der Waals surface area contributed by atoms with Crippen molar-refractivity contribution in [3.05, 3.63) is 29.8 Å². The van der Waals surface area contributed by atoms with E-state index in [1.54, 1.807) is 0 Å². The first-order chi connectivity index (χ1) is 7.42. The molecule has 4 unspecified atom stereocenters. The van der Waals surface area contributed by atoms with E-state index in [9.17, 15) is 0 Å². The van der Waals surface area contributed by atoms with Gasteiger partial charge in [0.25, 0.3) is 0 Å². The molecule has 1 heteroatoms. The zero-order chi connectivity index (χ0) is 9.83. The molecule has 4 atom stereocenters. The average Bonchev–Trinajstić information content (AvgIpc) is 2.87. The molecule has 15 heavy (non-hydrogen) atoms. The van der Waals surface area contributed by atoms with Gasteiger partial charge in [-0.25, -0.2) is 0 Å². The second-order valence-electron chi connectivity index (χ2n) is 5.39. The molecule has 78 valence electrons. The van der Waals surface area contributed by atoms with Gasteiger partial charge in [-0.2, -0.15) is 0 Å². The lowest BCUT2D eigenvalue weighted by atomic mass is 9.80. The van der Waals surface area contributed by atoms with Crippen LogP contribution in [0.5, 0.6) is 5.75 Å². The van der Waals surface area contributed by atoms with E-state index < -0.39 is 0 Å². The Kier molecular flexibility index (Phi) is 1.52. The molecule has 0 saturated heterocycles. The predicted octanol–water partition coefficient (Wildman–Crippen LogP) is 3.04. The van der Waals surface area contributed by atoms with E-state index in [1.165, 1.54) is 31.2 Å². The molecule has 3 aliphatic rings. The van der Waals surface area contributed by atoms with Gasteiger partial charge < -0.3 is 4.74 Å². The Morgan fingerprint density at radius 3 is 2.93 bits per heavy atom. The van der Waals surface area contributed by atoms with Crippen molar-refractivity contribution in [3.8, 4) is 5.75 Å². The summed E-state index contributed by atoms with van der Waals surface area (Å²) in [7, 11) is 0. The quantitative estimate of drug-likeness (QED) is 0.625. The van der Waals surface area contributed by atoms with Crippen LogP contribution in [0.4, 0.5) is 0 Å². The molecule has 2 aliphatic carbocycles. The number of ether oxygens (including phenoxy) is 1. The second kappa shape index (κ2) is 2.78. The maximum atomic E-state index is 6.19. The van der Waals surface area contributed by atoms with Gasteiger partial charge in [-0.1, -0.05) is 18.2 Å². The van der Waals surface area contributed by atoms with Gasteiger partial charge in [-0.3, -0.25) is 0 Å². The summed E-state index contributed by atoms with van der Waals surface area (Å²) >= 11 is 0. The van der Waals surface area contributed by atoms with Crippen molar-refractivity contribution in [1.29, 1.82) is 0 Å². The van der Waals surface area contributed by atoms with Gasteiger partial charge in [0, 0.05) is 5.92 Å². The molecule has 0 radical (unpaired) electrons. The molecule has 4 rings (SSSR count). The van der Waals surface area contributed by atoms with E-state index in [2.05, 4.69) is 24.3 Å². The third-order valence-corrected chi connectivity index (χ3v) is 4.70. The fourth-order valence-corrected chi connectivity index (χ4v) is 4.01. The number of rotatable bonds is 0. The Morgan fingerprint density at radius 1 is 1.07 bits per heavy atom. The number of benzene rings is 1. The predicted molar refractivity (Wildman–Crippen MR) is 58.9 cm³/mol. The van der Waals surface area contributed by atoms with Gasteiger partial charge in [0.2, 0.25) is 0 Å². The number of hydrogen-bond donors (Lipinski definition) is 0. The standard InChI is InChI=1S/C14H16O/c1-2-4-13-10(3-1)8-12-9-5-6-11(7-9)14(12)15-13/h1-4,9,11-12,14H,5-8H2. The fraction of sp³-hybridized carbons (Fsp3) is 0.571. The summed E-state index contributed by atoms with van der Waals surface area (Å²) in [4.78, 5) is 0. The van der Waals surface area contributed by atoms with Crippen LogP contribution < -0.4 is 4.74 Å². The summed E-state index contributed by atoms with van der Waals surface area (Å²) in [5.74, 6) is 3.83. The van der Waals surface area contributed by atoms with Gasteiger partial charge in [0.1, 0.15) is 11.9 Å². The third-order valence-electron chi connectivity index (χ3n) is 4.70. The highest BCUT2D eigenvalue weighted by atomic mass is 16.5. The minimum absolute atomic E-state index is 0.554. The lowest BCUT2D eigenvalue weighted by Gasteiger charge is -2.36. The van der Waals surface area contributed by atoms with Crippen LogP contribution in [0.3, 0.4) is 0 Å². The molecule has 1 aliphatic heterocycles. The number of para-hydroxylation sites is 1. The van der Waals surface area contributed by atoms with Crippen molar-refractivity contribution >= 4 is 0 Å². The zero-order valence-corrected chi connectivity index (χ0v) is 8.86. The number of hydrogen-bond acceptors (Lipinski definition) is 1. The molecule has 1 aromatic carbocycles. The van der Waals surface area contributed by atoms with Crippen molar-refractivity contribution in [1.82, 2.24) is 0 Å². The van der Waals surface area contributed by atoms with E-state index in [4.69, 9.17) is 4.74 Å². The molecule has 1 nitrogen and oxygen atoms in total. The molecular formula is C14H16O. The van der Waals surface area contributed by atoms with Crippen LogP contribution in [0.15, 0.2) is 24.3 Å². The monoisotopic (exact) mass is 200 g/mol. The first-order valence-electron chi connectivity index (χ1n) is 6.16. The molecule has 0 N–H and O–H groups in total. The summed E-state index contributed by atoms with van der Waals surface area (Å²) in [6.45, 7) is 0. The smallest absolute Gasteiger partial charge is 0.122 e. The Balaban J connectivity index is 1.75. The number of fused-ring (bicyclic) bond motifs is 6. The Bertz CT molecular complexity index is 361. The molecular weight excluding hydrogens is 184 g/mol. The molecule has 2 fully saturated rings. The maximum Gasteiger partial charge on any atom is 0.122 e. The summed E-state index contributed by atoms with van der Waals surface area (Å²) in [5.41, 5.74) is 1.44. The summed E-state index contributed by atoms with van der Waals surface area (Å²) < 4.78 is 6.19. The molecule has 1 aromatic rings. The van der Waals surface area contributed by atoms with Crippen molar-refractivity contribution in [2.45, 2.75) is 31.8 Å². The van der Waals surface area contributed by atoms with Crippen LogP contribution in [0.2, 0.25) is 0 Å². The highest BCUT2D eigenvalue weighted by molar-refractivity contribution is 5.36. The van der Waals surface area contributed by atoms with Gasteiger partial charge in [-0.05, 0) is 49.1 Å². The minimum Gasteiger partial charge on any atom is -0.490 e. The molecule has 2 saturated carbocycles. The maximum absolute atomic E-state index is 6.19. The van der Waals surface area contributed by atoms with Gasteiger partial charge in [0.05, 0.1) is 0 Å². The van der Waals surface area contributed by atoms with E-state index >= 15 is 0 Å². The SMILES string of the molecule is c1ccc2c(c1)CC1C3CCC(C3)C1O2. The normalized spacial score (nSPS) is 40.8. The van der Waals surface area contributed by atoms with Gasteiger partial charge >= 0.3 is 0 Å². The van der Waals surface area contributed by atoms with Gasteiger partial charge in [-0.15, -0.1) is 0 Å². The Morgan fingerprint density at radius 2 is 1.93 bits per heavy atom. The van der Waals surface area contributed by atoms with E-state index in [1.807, 2.05) is 0 Å². The van der Waals surface area contributed by atoms with Crippen molar-refractivity contribution < 1.29 is 4.74 Å². The van der Waals surface area contributed by atoms with Crippen LogP contribution in [0.1, 0.15) is 24.8 Å². The largest absolute Gasteiger partial charge is 0.490 e. The van der Waals surface area contributed by atoms with Crippen molar-refractivity contribution in [3.63, 3.8) is 0 Å². The lowest BCUT2D eigenvalue weighted by Crippen LogP contribution is -2.37. The minimum atomic E-state index is 0.554. The molecule has 1 heterocycles. The Hall–Kier alpha value is -0.980. The van der Waals surface area contributed by atoms with Crippen LogP contribution in [-0.2, 0) is 6.42 Å².